The predicted molar refractivity (Wildman–Crippen MR) is 66.9 cm³/mol. The molecule has 0 saturated carbocycles. The third-order valence-electron chi connectivity index (χ3n) is 2.19. The van der Waals surface area contributed by atoms with Crippen molar-refractivity contribution in [3.8, 4) is 0 Å². The van der Waals surface area contributed by atoms with Crippen LogP contribution < -0.4 is 5.32 Å². The van der Waals surface area contributed by atoms with Crippen LogP contribution in [0.2, 0.25) is 4.34 Å². The van der Waals surface area contributed by atoms with Crippen LogP contribution in [-0.2, 0) is 0 Å². The average molecular weight is 254 g/mol. The van der Waals surface area contributed by atoms with E-state index in [-0.39, 0.29) is 6.04 Å². The normalized spacial score (nSPS) is 12.6. The van der Waals surface area contributed by atoms with Crippen LogP contribution in [0.15, 0.2) is 30.7 Å². The van der Waals surface area contributed by atoms with E-state index in [1.807, 2.05) is 18.2 Å². The Bertz CT molecular complexity index is 444. The molecule has 3 nitrogen and oxygen atoms in total. The molecule has 84 valence electrons. The zero-order chi connectivity index (χ0) is 11.4. The fourth-order valence-corrected chi connectivity index (χ4v) is 2.66. The number of hydrogen-bond acceptors (Lipinski definition) is 4. The minimum absolute atomic E-state index is 0.102. The van der Waals surface area contributed by atoms with Gasteiger partial charge in [0.25, 0.3) is 0 Å². The third-order valence-corrected chi connectivity index (χ3v) is 3.48. The molecule has 0 aliphatic heterocycles. The molecule has 0 saturated heterocycles. The van der Waals surface area contributed by atoms with E-state index in [4.69, 9.17) is 11.6 Å². The van der Waals surface area contributed by atoms with Crippen LogP contribution >= 0.6 is 22.9 Å². The van der Waals surface area contributed by atoms with Gasteiger partial charge in [-0.25, -0.2) is 9.97 Å². The van der Waals surface area contributed by atoms with Crippen molar-refractivity contribution in [3.05, 3.63) is 45.6 Å². The van der Waals surface area contributed by atoms with Crippen molar-refractivity contribution >= 4 is 22.9 Å². The highest BCUT2D eigenvalue weighted by Crippen LogP contribution is 2.29. The number of thiophene rings is 1. The van der Waals surface area contributed by atoms with Crippen LogP contribution in [0.5, 0.6) is 0 Å². The SMILES string of the molecule is CCNC(c1ccncn1)c1ccc(Cl)s1. The van der Waals surface area contributed by atoms with Crippen molar-refractivity contribution in [1.29, 1.82) is 0 Å². The molecular formula is C11H12ClN3S. The minimum atomic E-state index is 0.102. The van der Waals surface area contributed by atoms with Crippen LogP contribution in [0.25, 0.3) is 0 Å². The van der Waals surface area contributed by atoms with Gasteiger partial charge in [-0.1, -0.05) is 18.5 Å². The first-order valence-electron chi connectivity index (χ1n) is 5.05. The van der Waals surface area contributed by atoms with Crippen molar-refractivity contribution in [2.45, 2.75) is 13.0 Å². The van der Waals surface area contributed by atoms with Crippen LogP contribution in [0.1, 0.15) is 23.5 Å². The first kappa shape index (κ1) is 11.5. The average Bonchev–Trinajstić information content (AvgIpc) is 2.74. The van der Waals surface area contributed by atoms with Crippen molar-refractivity contribution in [1.82, 2.24) is 15.3 Å². The van der Waals surface area contributed by atoms with Crippen molar-refractivity contribution in [3.63, 3.8) is 0 Å². The number of nitrogens with one attached hydrogen (secondary N) is 1. The Kier molecular flexibility index (Phi) is 3.88. The molecule has 0 amide bonds. The van der Waals surface area contributed by atoms with Gasteiger partial charge in [0.05, 0.1) is 16.1 Å². The maximum atomic E-state index is 5.95. The summed E-state index contributed by atoms with van der Waals surface area (Å²) in [5.74, 6) is 0. The Balaban J connectivity index is 2.31. The standard InChI is InChI=1S/C11H12ClN3S/c1-2-14-11(8-5-6-13-7-15-8)9-3-4-10(12)16-9/h3-7,11,14H,2H2,1H3. The molecule has 0 bridgehead atoms. The number of hydrogen-bond donors (Lipinski definition) is 1. The smallest absolute Gasteiger partial charge is 0.115 e. The molecule has 2 heterocycles. The maximum absolute atomic E-state index is 5.95. The van der Waals surface area contributed by atoms with Crippen molar-refractivity contribution in [2.75, 3.05) is 6.54 Å². The highest BCUT2D eigenvalue weighted by molar-refractivity contribution is 7.16. The van der Waals surface area contributed by atoms with Crippen LogP contribution in [0, 0.1) is 0 Å². The number of rotatable bonds is 4. The second kappa shape index (κ2) is 5.39. The number of halogens is 1. The second-order valence-corrected chi connectivity index (χ2v) is 5.01. The summed E-state index contributed by atoms with van der Waals surface area (Å²) >= 11 is 7.52. The molecule has 0 aliphatic carbocycles. The summed E-state index contributed by atoms with van der Waals surface area (Å²) in [7, 11) is 0. The zero-order valence-electron chi connectivity index (χ0n) is 8.85. The van der Waals surface area contributed by atoms with Gasteiger partial charge in [-0.15, -0.1) is 11.3 Å². The molecule has 0 spiro atoms. The van der Waals surface area contributed by atoms with E-state index >= 15 is 0 Å². The first-order chi connectivity index (χ1) is 7.81. The Labute approximate surface area is 104 Å². The van der Waals surface area contributed by atoms with Gasteiger partial charge in [0.15, 0.2) is 0 Å². The monoisotopic (exact) mass is 253 g/mol. The highest BCUT2D eigenvalue weighted by Gasteiger charge is 2.15. The molecule has 0 fully saturated rings. The van der Waals surface area contributed by atoms with Gasteiger partial charge in [-0.05, 0) is 24.7 Å². The van der Waals surface area contributed by atoms with E-state index in [1.165, 1.54) is 4.88 Å². The Hall–Kier alpha value is -0.970. The lowest BCUT2D eigenvalue weighted by Crippen LogP contribution is -2.22. The molecular weight excluding hydrogens is 242 g/mol. The highest BCUT2D eigenvalue weighted by atomic mass is 35.5. The predicted octanol–water partition coefficient (Wildman–Crippen LogP) is 2.89. The summed E-state index contributed by atoms with van der Waals surface area (Å²) in [6.07, 6.45) is 3.32. The Morgan fingerprint density at radius 2 is 2.31 bits per heavy atom. The maximum Gasteiger partial charge on any atom is 0.115 e. The first-order valence-corrected chi connectivity index (χ1v) is 6.25. The lowest BCUT2D eigenvalue weighted by molar-refractivity contribution is 0.622. The van der Waals surface area contributed by atoms with Gasteiger partial charge in [0.2, 0.25) is 0 Å². The molecule has 0 aromatic carbocycles. The summed E-state index contributed by atoms with van der Waals surface area (Å²) in [5, 5.41) is 3.39. The van der Waals surface area contributed by atoms with Gasteiger partial charge >= 0.3 is 0 Å². The van der Waals surface area contributed by atoms with Gasteiger partial charge in [0.1, 0.15) is 6.33 Å². The molecule has 2 aromatic heterocycles. The molecule has 16 heavy (non-hydrogen) atoms. The van der Waals surface area contributed by atoms with E-state index in [9.17, 15) is 0 Å². The molecule has 5 heteroatoms. The lowest BCUT2D eigenvalue weighted by Gasteiger charge is -2.15. The van der Waals surface area contributed by atoms with E-state index < -0.39 is 0 Å². The fraction of sp³-hybridized carbons (Fsp3) is 0.273. The quantitative estimate of drug-likeness (QED) is 0.911. The summed E-state index contributed by atoms with van der Waals surface area (Å²) < 4.78 is 0.798. The number of aromatic nitrogens is 2. The Morgan fingerprint density at radius 1 is 1.44 bits per heavy atom. The summed E-state index contributed by atoms with van der Waals surface area (Å²) in [4.78, 5) is 9.37. The molecule has 0 aliphatic rings. The van der Waals surface area contributed by atoms with Gasteiger partial charge < -0.3 is 5.32 Å². The summed E-state index contributed by atoms with van der Waals surface area (Å²) in [6.45, 7) is 2.95. The summed E-state index contributed by atoms with van der Waals surface area (Å²) in [5.41, 5.74) is 0.968. The molecule has 0 radical (unpaired) electrons. The van der Waals surface area contributed by atoms with E-state index in [0.29, 0.717) is 0 Å². The molecule has 1 atom stereocenters. The molecule has 2 rings (SSSR count). The van der Waals surface area contributed by atoms with E-state index in [0.717, 1.165) is 16.6 Å². The third kappa shape index (κ3) is 2.58. The van der Waals surface area contributed by atoms with Crippen molar-refractivity contribution < 1.29 is 0 Å². The molecule has 2 aromatic rings. The van der Waals surface area contributed by atoms with Gasteiger partial charge in [-0.3, -0.25) is 0 Å². The summed E-state index contributed by atoms with van der Waals surface area (Å²) in [6, 6.07) is 5.96. The largest absolute Gasteiger partial charge is 0.305 e. The van der Waals surface area contributed by atoms with Crippen LogP contribution in [0.4, 0.5) is 0 Å². The minimum Gasteiger partial charge on any atom is -0.305 e. The van der Waals surface area contributed by atoms with Crippen molar-refractivity contribution in [2.24, 2.45) is 0 Å². The topological polar surface area (TPSA) is 37.8 Å². The zero-order valence-corrected chi connectivity index (χ0v) is 10.4. The Morgan fingerprint density at radius 3 is 2.88 bits per heavy atom. The molecule has 1 N–H and O–H groups in total. The number of nitrogens with zero attached hydrogens (tertiary/aromatic N) is 2. The second-order valence-electron chi connectivity index (χ2n) is 3.27. The van der Waals surface area contributed by atoms with E-state index in [1.54, 1.807) is 23.9 Å². The lowest BCUT2D eigenvalue weighted by atomic mass is 10.1. The molecule has 1 unspecified atom stereocenters. The van der Waals surface area contributed by atoms with Crippen LogP contribution in [0.3, 0.4) is 0 Å². The van der Waals surface area contributed by atoms with E-state index in [2.05, 4.69) is 22.2 Å². The van der Waals surface area contributed by atoms with Crippen LogP contribution in [-0.4, -0.2) is 16.5 Å². The van der Waals surface area contributed by atoms with Gasteiger partial charge in [0, 0.05) is 11.1 Å². The fourth-order valence-electron chi connectivity index (χ4n) is 1.51. The van der Waals surface area contributed by atoms with Gasteiger partial charge in [-0.2, -0.15) is 0 Å².